The van der Waals surface area contributed by atoms with E-state index in [9.17, 15) is 8.42 Å². The van der Waals surface area contributed by atoms with Crippen LogP contribution in [-0.4, -0.2) is 30.7 Å². The van der Waals surface area contributed by atoms with E-state index in [1.807, 2.05) is 0 Å². The van der Waals surface area contributed by atoms with Gasteiger partial charge < -0.3 is 0 Å². The van der Waals surface area contributed by atoms with Gasteiger partial charge in [0.25, 0.3) is 0 Å². The molecule has 0 atom stereocenters. The van der Waals surface area contributed by atoms with Crippen LogP contribution in [0.2, 0.25) is 0 Å². The molecule has 14 heavy (non-hydrogen) atoms. The van der Waals surface area contributed by atoms with Crippen molar-refractivity contribution in [2.75, 3.05) is 6.54 Å². The van der Waals surface area contributed by atoms with Gasteiger partial charge in [0.05, 0.1) is 6.10 Å². The summed E-state index contributed by atoms with van der Waals surface area (Å²) in [6, 6.07) is 0. The smallest absolute Gasteiger partial charge is 0.298 e. The zero-order chi connectivity index (χ0) is 10.6. The van der Waals surface area contributed by atoms with Crippen LogP contribution >= 0.6 is 0 Å². The van der Waals surface area contributed by atoms with Crippen molar-refractivity contribution in [2.24, 2.45) is 0 Å². The van der Waals surface area contributed by atoms with E-state index in [-0.39, 0.29) is 17.1 Å². The molecule has 1 saturated carbocycles. The molecule has 0 aromatic carbocycles. The van der Waals surface area contributed by atoms with Crippen LogP contribution in [0.15, 0.2) is 0 Å². The van der Waals surface area contributed by atoms with Crippen LogP contribution in [0, 0.1) is 0 Å². The van der Waals surface area contributed by atoms with Gasteiger partial charge >= 0.3 is 10.3 Å². The summed E-state index contributed by atoms with van der Waals surface area (Å²) in [4.78, 5) is 0. The Morgan fingerprint density at radius 1 is 1.36 bits per heavy atom. The minimum absolute atomic E-state index is 0.00898. The first-order valence-electron chi connectivity index (χ1n) is 4.96. The normalized spacial score (nSPS) is 20.2. The topological polar surface area (TPSA) is 66.8 Å². The Bertz CT molecular complexity index is 259. The molecule has 1 N–H and O–H groups in total. The SMILES string of the molecule is CCN(O)S(=O)(=O)OC1CCCCC1. The first-order chi connectivity index (χ1) is 6.56. The number of rotatable bonds is 4. The minimum atomic E-state index is -3.92. The second kappa shape index (κ2) is 5.06. The Kier molecular flexibility index (Phi) is 4.31. The second-order valence-corrected chi connectivity index (χ2v) is 4.92. The molecule has 0 saturated heterocycles. The molecule has 0 bridgehead atoms. The molecule has 0 spiro atoms. The summed E-state index contributed by atoms with van der Waals surface area (Å²) in [6.07, 6.45) is 4.40. The second-order valence-electron chi connectivity index (χ2n) is 3.45. The molecule has 0 aliphatic heterocycles. The lowest BCUT2D eigenvalue weighted by molar-refractivity contribution is -0.0142. The fourth-order valence-corrected chi connectivity index (χ4v) is 2.49. The van der Waals surface area contributed by atoms with Gasteiger partial charge in [0, 0.05) is 6.54 Å². The van der Waals surface area contributed by atoms with E-state index in [2.05, 4.69) is 0 Å². The van der Waals surface area contributed by atoms with Crippen LogP contribution in [0.25, 0.3) is 0 Å². The molecule has 1 rings (SSSR count). The van der Waals surface area contributed by atoms with Gasteiger partial charge in [-0.25, -0.2) is 0 Å². The summed E-state index contributed by atoms with van der Waals surface area (Å²) in [5, 5.41) is 9.04. The zero-order valence-electron chi connectivity index (χ0n) is 8.35. The molecule has 0 radical (unpaired) electrons. The number of hydrogen-bond donors (Lipinski definition) is 1. The predicted molar refractivity (Wildman–Crippen MR) is 51.0 cm³/mol. The summed E-state index contributed by atoms with van der Waals surface area (Å²) in [5.41, 5.74) is 0. The average Bonchev–Trinajstić information content (AvgIpc) is 2.17. The van der Waals surface area contributed by atoms with E-state index in [0.717, 1.165) is 32.1 Å². The van der Waals surface area contributed by atoms with Gasteiger partial charge in [-0.2, -0.15) is 8.42 Å². The quantitative estimate of drug-likeness (QED) is 0.729. The van der Waals surface area contributed by atoms with Gasteiger partial charge in [0.15, 0.2) is 0 Å². The molecule has 0 amide bonds. The fraction of sp³-hybridized carbons (Fsp3) is 1.00. The van der Waals surface area contributed by atoms with Gasteiger partial charge in [0.1, 0.15) is 0 Å². The lowest BCUT2D eigenvalue weighted by Gasteiger charge is -2.23. The third-order valence-electron chi connectivity index (χ3n) is 2.34. The van der Waals surface area contributed by atoms with Gasteiger partial charge in [-0.05, 0) is 19.8 Å². The third-order valence-corrected chi connectivity index (χ3v) is 3.63. The van der Waals surface area contributed by atoms with E-state index in [1.54, 1.807) is 6.92 Å². The van der Waals surface area contributed by atoms with E-state index in [4.69, 9.17) is 9.39 Å². The van der Waals surface area contributed by atoms with Crippen LogP contribution in [0.3, 0.4) is 0 Å². The van der Waals surface area contributed by atoms with Crippen molar-refractivity contribution in [1.82, 2.24) is 4.47 Å². The molecule has 1 fully saturated rings. The van der Waals surface area contributed by atoms with E-state index < -0.39 is 10.3 Å². The summed E-state index contributed by atoms with van der Waals surface area (Å²) in [7, 11) is -3.92. The van der Waals surface area contributed by atoms with Gasteiger partial charge in [0.2, 0.25) is 0 Å². The van der Waals surface area contributed by atoms with Crippen LogP contribution < -0.4 is 0 Å². The van der Waals surface area contributed by atoms with Crippen LogP contribution in [0.1, 0.15) is 39.0 Å². The highest BCUT2D eigenvalue weighted by Crippen LogP contribution is 2.22. The molecule has 0 aromatic rings. The third kappa shape index (κ3) is 3.20. The monoisotopic (exact) mass is 223 g/mol. The Morgan fingerprint density at radius 3 is 2.43 bits per heavy atom. The Balaban J connectivity index is 2.49. The first kappa shape index (κ1) is 11.9. The molecule has 0 heterocycles. The maximum Gasteiger partial charge on any atom is 0.360 e. The van der Waals surface area contributed by atoms with Crippen LogP contribution in [0.4, 0.5) is 0 Å². The largest absolute Gasteiger partial charge is 0.360 e. The van der Waals surface area contributed by atoms with E-state index in [0.29, 0.717) is 0 Å². The van der Waals surface area contributed by atoms with Crippen molar-refractivity contribution >= 4 is 10.3 Å². The van der Waals surface area contributed by atoms with Crippen molar-refractivity contribution in [2.45, 2.75) is 45.1 Å². The summed E-state index contributed by atoms with van der Waals surface area (Å²) < 4.78 is 27.7. The van der Waals surface area contributed by atoms with Gasteiger partial charge in [-0.1, -0.05) is 23.7 Å². The fourth-order valence-electron chi connectivity index (χ4n) is 1.54. The van der Waals surface area contributed by atoms with E-state index >= 15 is 0 Å². The van der Waals surface area contributed by atoms with Crippen molar-refractivity contribution in [1.29, 1.82) is 0 Å². The van der Waals surface area contributed by atoms with Gasteiger partial charge in [-0.3, -0.25) is 9.39 Å². The van der Waals surface area contributed by atoms with Crippen molar-refractivity contribution in [3.63, 3.8) is 0 Å². The molecular weight excluding hydrogens is 206 g/mol. The van der Waals surface area contributed by atoms with Crippen molar-refractivity contribution in [3.8, 4) is 0 Å². The van der Waals surface area contributed by atoms with Crippen molar-refractivity contribution < 1.29 is 17.8 Å². The highest BCUT2D eigenvalue weighted by molar-refractivity contribution is 7.84. The first-order valence-corrected chi connectivity index (χ1v) is 6.32. The maximum atomic E-state index is 11.3. The Morgan fingerprint density at radius 2 is 1.93 bits per heavy atom. The number of hydrogen-bond acceptors (Lipinski definition) is 4. The minimum Gasteiger partial charge on any atom is -0.298 e. The molecular formula is C8H17NO4S. The number of hydroxylamine groups is 1. The van der Waals surface area contributed by atoms with Crippen LogP contribution in [0.5, 0.6) is 0 Å². The summed E-state index contributed by atoms with van der Waals surface area (Å²) >= 11 is 0. The average molecular weight is 223 g/mol. The van der Waals surface area contributed by atoms with E-state index in [1.165, 1.54) is 0 Å². The zero-order valence-corrected chi connectivity index (χ0v) is 9.16. The molecule has 0 aromatic heterocycles. The molecule has 84 valence electrons. The van der Waals surface area contributed by atoms with Crippen LogP contribution in [-0.2, 0) is 14.5 Å². The molecule has 6 heteroatoms. The Labute approximate surface area is 84.9 Å². The maximum absolute atomic E-state index is 11.3. The lowest BCUT2D eigenvalue weighted by atomic mass is 9.98. The standard InChI is InChI=1S/C8H17NO4S/c1-2-9(10)14(11,12)13-8-6-4-3-5-7-8/h8,10H,2-7H2,1H3. The lowest BCUT2D eigenvalue weighted by Crippen LogP contribution is -2.33. The molecule has 1 aliphatic carbocycles. The number of nitrogens with zero attached hydrogens (tertiary/aromatic N) is 1. The van der Waals surface area contributed by atoms with Crippen molar-refractivity contribution in [3.05, 3.63) is 0 Å². The van der Waals surface area contributed by atoms with Gasteiger partial charge in [-0.15, -0.1) is 0 Å². The molecule has 1 aliphatic rings. The molecule has 0 unspecified atom stereocenters. The highest BCUT2D eigenvalue weighted by atomic mass is 32.2. The molecule has 5 nitrogen and oxygen atoms in total. The highest BCUT2D eigenvalue weighted by Gasteiger charge is 2.25. The summed E-state index contributed by atoms with van der Waals surface area (Å²) in [5.74, 6) is 0. The Hall–Kier alpha value is -0.170. The predicted octanol–water partition coefficient (Wildman–Crippen LogP) is 1.29. The summed E-state index contributed by atoms with van der Waals surface area (Å²) in [6.45, 7) is 1.55.